The smallest absolute Gasteiger partial charge is 0.246 e. The van der Waals surface area contributed by atoms with E-state index in [-0.39, 0.29) is 120 Å². The minimum atomic E-state index is -3.80. The van der Waals surface area contributed by atoms with Gasteiger partial charge in [0, 0.05) is 44.8 Å². The number of carbonyl (C=O) groups is 5. The molecule has 19 nitrogen and oxygen atoms in total. The third-order valence-corrected chi connectivity index (χ3v) is 11.1. The van der Waals surface area contributed by atoms with Gasteiger partial charge in [0.25, 0.3) is 0 Å². The van der Waals surface area contributed by atoms with Crippen LogP contribution in [0.3, 0.4) is 0 Å². The summed E-state index contributed by atoms with van der Waals surface area (Å²) in [5.41, 5.74) is 0. The van der Waals surface area contributed by atoms with E-state index < -0.39 is 15.9 Å². The highest BCUT2D eigenvalue weighted by Gasteiger charge is 2.15. The van der Waals surface area contributed by atoms with Crippen LogP contribution in [0.15, 0.2) is 0 Å². The van der Waals surface area contributed by atoms with Gasteiger partial charge in [0.2, 0.25) is 33.7 Å². The number of sulfonamides is 1. The average Bonchev–Trinajstić information content (AvgIpc) is 3.74. The van der Waals surface area contributed by atoms with E-state index in [9.17, 15) is 32.4 Å². The van der Waals surface area contributed by atoms with Crippen LogP contribution in [0.4, 0.5) is 0 Å². The summed E-state index contributed by atoms with van der Waals surface area (Å²) in [6.07, 6.45) is 18.3. The number of nitrogens with one attached hydrogen (secondary N) is 5. The minimum absolute atomic E-state index is 0.0000374. The second kappa shape index (κ2) is 38.1. The number of rotatable bonds is 43. The number of ketones is 1. The van der Waals surface area contributed by atoms with E-state index in [1.165, 1.54) is 51.4 Å². The van der Waals surface area contributed by atoms with Crippen molar-refractivity contribution in [2.45, 2.75) is 142 Å². The number of tetrazole rings is 1. The summed E-state index contributed by atoms with van der Waals surface area (Å²) < 4.78 is 48.0. The third kappa shape index (κ3) is 36.8. The number of amides is 4. The molecule has 0 aromatic carbocycles. The lowest BCUT2D eigenvalue weighted by Crippen LogP contribution is -2.33. The summed E-state index contributed by atoms with van der Waals surface area (Å²) >= 11 is 0. The van der Waals surface area contributed by atoms with Gasteiger partial charge in [-0.2, -0.15) is 5.21 Å². The summed E-state index contributed by atoms with van der Waals surface area (Å²) in [7, 11) is -3.80. The van der Waals surface area contributed by atoms with Crippen molar-refractivity contribution in [3.63, 3.8) is 0 Å². The molecule has 61 heavy (non-hydrogen) atoms. The Hall–Kier alpha value is -3.59. The molecular formula is C41H76N8O11S. The third-order valence-electron chi connectivity index (χ3n) is 9.71. The fourth-order valence-electron chi connectivity index (χ4n) is 5.99. The van der Waals surface area contributed by atoms with E-state index in [0.29, 0.717) is 13.0 Å². The number of unbranched alkanes of at least 4 members (excludes halogenated alkanes) is 13. The molecule has 5 N–H and O–H groups in total. The predicted octanol–water partition coefficient (Wildman–Crippen LogP) is 3.24. The molecule has 0 saturated carbocycles. The van der Waals surface area contributed by atoms with Gasteiger partial charge in [-0.1, -0.05) is 89.2 Å². The summed E-state index contributed by atoms with van der Waals surface area (Å²) in [5, 5.41) is 22.1. The van der Waals surface area contributed by atoms with Crippen molar-refractivity contribution < 1.29 is 51.3 Å². The maximum absolute atomic E-state index is 12.3. The first-order valence-electron chi connectivity index (χ1n) is 22.4. The first kappa shape index (κ1) is 55.4. The standard InChI is InChI=1S/C41H76N8O11S/c1-35(36(2)50)19-16-17-23-42-40(53)33-59-30-29-58-27-25-44-41(54)34-60-31-28-57-26-24-43-38(51)22-18-32-61(55,56)47-39(52)21-15-13-11-9-7-5-3-4-6-8-10-12-14-20-37-45-48-49-46-37/h35H,3-34H2,1-2H3,(H,42,53)(H,43,51)(H,44,54)(H,47,52)(H,45,46,48,49)/t35-/m0/s1. The number of hydrogen-bond donors (Lipinski definition) is 5. The molecule has 0 aliphatic carbocycles. The molecule has 0 fully saturated rings. The normalized spacial score (nSPS) is 11.9. The van der Waals surface area contributed by atoms with E-state index in [2.05, 4.69) is 41.3 Å². The predicted molar refractivity (Wildman–Crippen MR) is 230 cm³/mol. The molecule has 1 aromatic heterocycles. The van der Waals surface area contributed by atoms with Crippen molar-refractivity contribution in [3.8, 4) is 0 Å². The fraction of sp³-hybridized carbons (Fsp3) is 0.854. The van der Waals surface area contributed by atoms with Crippen molar-refractivity contribution >= 4 is 39.4 Å². The number of aromatic nitrogens is 4. The highest BCUT2D eigenvalue weighted by Crippen LogP contribution is 2.14. The van der Waals surface area contributed by atoms with Crippen molar-refractivity contribution in [1.29, 1.82) is 0 Å². The van der Waals surface area contributed by atoms with Gasteiger partial charge >= 0.3 is 0 Å². The van der Waals surface area contributed by atoms with Gasteiger partial charge in [0.15, 0.2) is 5.82 Å². The molecule has 4 amide bonds. The molecule has 20 heteroatoms. The van der Waals surface area contributed by atoms with E-state index in [0.717, 1.165) is 57.2 Å². The van der Waals surface area contributed by atoms with Gasteiger partial charge in [0.1, 0.15) is 19.0 Å². The molecule has 1 heterocycles. The Bertz CT molecular complexity index is 1400. The van der Waals surface area contributed by atoms with Gasteiger partial charge in [0.05, 0.1) is 45.4 Å². The number of aryl methyl sites for hydroxylation is 1. The number of ether oxygens (including phenoxy) is 4. The first-order chi connectivity index (χ1) is 29.5. The molecule has 1 aromatic rings. The zero-order valence-electron chi connectivity index (χ0n) is 36.9. The molecule has 1 rings (SSSR count). The van der Waals surface area contributed by atoms with Gasteiger partial charge in [-0.25, -0.2) is 8.42 Å². The summed E-state index contributed by atoms with van der Waals surface area (Å²) in [5.74, 6) is -0.638. The highest BCUT2D eigenvalue weighted by molar-refractivity contribution is 7.90. The van der Waals surface area contributed by atoms with E-state index in [1.54, 1.807) is 6.92 Å². The number of nitrogens with zero attached hydrogens (tertiary/aromatic N) is 3. The maximum atomic E-state index is 12.3. The molecule has 0 saturated heterocycles. The SMILES string of the molecule is CC(=O)[C@@H](C)CCCCNC(=O)COCCOCCNC(=O)COCCOCCNC(=O)CCCS(=O)(=O)NC(=O)CCCCCCCCCCCCCCCc1nn[nH]n1. The molecule has 0 aliphatic rings. The highest BCUT2D eigenvalue weighted by atomic mass is 32.2. The molecule has 0 spiro atoms. The van der Waals surface area contributed by atoms with Crippen LogP contribution in [0.1, 0.15) is 142 Å². The first-order valence-corrected chi connectivity index (χ1v) is 24.0. The van der Waals surface area contributed by atoms with Crippen LogP contribution in [0.5, 0.6) is 0 Å². The van der Waals surface area contributed by atoms with Gasteiger partial charge < -0.3 is 34.9 Å². The molecule has 0 bridgehead atoms. The molecule has 0 unspecified atom stereocenters. The zero-order chi connectivity index (χ0) is 44.7. The topological polar surface area (TPSA) is 259 Å². The van der Waals surface area contributed by atoms with Crippen LogP contribution >= 0.6 is 0 Å². The lowest BCUT2D eigenvalue weighted by Gasteiger charge is -2.09. The largest absolute Gasteiger partial charge is 0.377 e. The van der Waals surface area contributed by atoms with Crippen molar-refractivity contribution in [2.24, 2.45) is 5.92 Å². The molecule has 0 aliphatic heterocycles. The van der Waals surface area contributed by atoms with Gasteiger partial charge in [-0.3, -0.25) is 28.7 Å². The fourth-order valence-corrected chi connectivity index (χ4v) is 7.07. The molecular weight excluding hydrogens is 813 g/mol. The summed E-state index contributed by atoms with van der Waals surface area (Å²) in [4.78, 5) is 59.1. The lowest BCUT2D eigenvalue weighted by atomic mass is 10.0. The number of aromatic amines is 1. The second-order valence-corrected chi connectivity index (χ2v) is 17.1. The van der Waals surface area contributed by atoms with Crippen LogP contribution in [0.2, 0.25) is 0 Å². The summed E-state index contributed by atoms with van der Waals surface area (Å²) in [6, 6.07) is 0. The van der Waals surface area contributed by atoms with Gasteiger partial charge in [-0.05, 0) is 39.0 Å². The monoisotopic (exact) mass is 889 g/mol. The molecule has 352 valence electrons. The molecule has 0 radical (unpaired) electrons. The van der Waals surface area contributed by atoms with Crippen molar-refractivity contribution in [1.82, 2.24) is 41.3 Å². The van der Waals surface area contributed by atoms with Crippen LogP contribution in [-0.4, -0.2) is 137 Å². The molecule has 1 atom stereocenters. The Balaban J connectivity index is 1.84. The quantitative estimate of drug-likeness (QED) is 0.0591. The number of Topliss-reactive ketones (excluding diaryl/α,β-unsaturated/α-hetero) is 1. The van der Waals surface area contributed by atoms with Crippen molar-refractivity contribution in [2.75, 3.05) is 78.2 Å². The number of H-pyrrole nitrogens is 1. The van der Waals surface area contributed by atoms with Crippen LogP contribution < -0.4 is 20.7 Å². The van der Waals surface area contributed by atoms with Gasteiger partial charge in [-0.15, -0.1) is 10.2 Å². The number of hydrogen-bond acceptors (Lipinski definition) is 14. The Morgan fingerprint density at radius 1 is 0.574 bits per heavy atom. The van der Waals surface area contributed by atoms with E-state index >= 15 is 0 Å². The second-order valence-electron chi connectivity index (χ2n) is 15.3. The van der Waals surface area contributed by atoms with E-state index in [4.69, 9.17) is 18.9 Å². The Kier molecular flexibility index (Phi) is 34.6. The Labute approximate surface area is 363 Å². The van der Waals surface area contributed by atoms with Crippen molar-refractivity contribution in [3.05, 3.63) is 5.82 Å². The average molecular weight is 889 g/mol. The van der Waals surface area contributed by atoms with Crippen LogP contribution in [0, 0.1) is 5.92 Å². The zero-order valence-corrected chi connectivity index (χ0v) is 37.8. The lowest BCUT2D eigenvalue weighted by molar-refractivity contribution is -0.127. The minimum Gasteiger partial charge on any atom is -0.377 e. The maximum Gasteiger partial charge on any atom is 0.246 e. The number of carbonyl (C=O) groups excluding carboxylic acids is 5. The van der Waals surface area contributed by atoms with E-state index in [1.807, 2.05) is 6.92 Å². The van der Waals surface area contributed by atoms with Crippen LogP contribution in [0.25, 0.3) is 0 Å². The Morgan fingerprint density at radius 3 is 1.61 bits per heavy atom. The van der Waals surface area contributed by atoms with Crippen LogP contribution in [-0.2, 0) is 59.4 Å². The summed E-state index contributed by atoms with van der Waals surface area (Å²) in [6.45, 7) is 5.76. The Morgan fingerprint density at radius 2 is 1.07 bits per heavy atom.